The van der Waals surface area contributed by atoms with Gasteiger partial charge < -0.3 is 18.9 Å². The zero-order chi connectivity index (χ0) is 24.1. The highest BCUT2D eigenvalue weighted by atomic mass is 16.6. The van der Waals surface area contributed by atoms with E-state index in [1.54, 1.807) is 6.92 Å². The van der Waals surface area contributed by atoms with E-state index in [9.17, 15) is 14.4 Å². The Bertz CT molecular complexity index is 826. The number of ether oxygens (including phenoxy) is 4. The third-order valence-electron chi connectivity index (χ3n) is 5.28. The summed E-state index contributed by atoms with van der Waals surface area (Å²) >= 11 is 0. The number of methoxy groups -OCH3 is 1. The van der Waals surface area contributed by atoms with Gasteiger partial charge in [0, 0.05) is 32.2 Å². The van der Waals surface area contributed by atoms with Crippen molar-refractivity contribution in [2.75, 3.05) is 13.7 Å². The maximum Gasteiger partial charge on any atom is 0.309 e. The lowest BCUT2D eigenvalue weighted by molar-refractivity contribution is -0.167. The fourth-order valence-electron chi connectivity index (χ4n) is 3.47. The fraction of sp³-hybridized carbons (Fsp3) is 0.667. The van der Waals surface area contributed by atoms with Gasteiger partial charge in [-0.2, -0.15) is 0 Å². The van der Waals surface area contributed by atoms with Crippen molar-refractivity contribution in [3.63, 3.8) is 0 Å². The van der Waals surface area contributed by atoms with Crippen molar-refractivity contribution >= 4 is 17.7 Å². The molecule has 0 unspecified atom stereocenters. The van der Waals surface area contributed by atoms with Crippen LogP contribution < -0.4 is 9.47 Å². The number of ketones is 1. The number of carbonyl (C=O) groups excluding carboxylic acids is 3. The Labute approximate surface area is 190 Å². The molecule has 1 fully saturated rings. The molecule has 178 valence electrons. The Balaban J connectivity index is 2.05. The summed E-state index contributed by atoms with van der Waals surface area (Å²) in [5, 5.41) is 0. The molecule has 0 bridgehead atoms. The van der Waals surface area contributed by atoms with E-state index in [0.29, 0.717) is 12.5 Å². The second-order valence-corrected chi connectivity index (χ2v) is 9.52. The Kier molecular flexibility index (Phi) is 8.78. The van der Waals surface area contributed by atoms with Gasteiger partial charge in [-0.25, -0.2) is 4.98 Å². The summed E-state index contributed by atoms with van der Waals surface area (Å²) in [6.45, 7) is 11.5. The van der Waals surface area contributed by atoms with Crippen LogP contribution in [0.5, 0.6) is 11.5 Å². The standard InChI is InChI=1S/C24H35NO7/c1-14(12-18(27)20-21(32-16(3)26)19(29-7)10-11-25-20)23(28)31-15(2)22(24(4,5)6)30-13-17-8-9-17/h10-11,14-15,17,22H,8-9,12-13H2,1-7H3/t14-,15+,22+/m1/s1. The van der Waals surface area contributed by atoms with Crippen molar-refractivity contribution in [1.82, 2.24) is 4.98 Å². The normalized spacial score (nSPS) is 16.6. The number of aromatic nitrogens is 1. The van der Waals surface area contributed by atoms with Crippen LogP contribution >= 0.6 is 0 Å². The van der Waals surface area contributed by atoms with Crippen LogP contribution in [0.4, 0.5) is 0 Å². The van der Waals surface area contributed by atoms with Gasteiger partial charge in [0.2, 0.25) is 5.75 Å². The molecule has 1 saturated carbocycles. The quantitative estimate of drug-likeness (QED) is 0.369. The number of carbonyl (C=O) groups is 3. The maximum absolute atomic E-state index is 12.9. The van der Waals surface area contributed by atoms with Gasteiger partial charge in [-0.05, 0) is 31.1 Å². The van der Waals surface area contributed by atoms with Crippen molar-refractivity contribution < 1.29 is 33.3 Å². The van der Waals surface area contributed by atoms with Crippen molar-refractivity contribution in [1.29, 1.82) is 0 Å². The summed E-state index contributed by atoms with van der Waals surface area (Å²) in [5.41, 5.74) is -0.274. The lowest BCUT2D eigenvalue weighted by Crippen LogP contribution is -2.42. The Morgan fingerprint density at radius 3 is 2.38 bits per heavy atom. The highest BCUT2D eigenvalue weighted by Gasteiger charge is 2.36. The molecule has 8 nitrogen and oxygen atoms in total. The number of esters is 2. The molecule has 0 saturated heterocycles. The van der Waals surface area contributed by atoms with Crippen LogP contribution in [0.2, 0.25) is 0 Å². The SMILES string of the molecule is COc1ccnc(C(=O)C[C@@H](C)C(=O)O[C@@H](C)[C@H](OCC2CC2)C(C)(C)C)c1OC(C)=O. The predicted molar refractivity (Wildman–Crippen MR) is 118 cm³/mol. The van der Waals surface area contributed by atoms with Gasteiger partial charge in [0.25, 0.3) is 0 Å². The largest absolute Gasteiger partial charge is 0.493 e. The number of Topliss-reactive ketones (excluding diaryl/α,β-unsaturated/α-hetero) is 1. The first kappa shape index (κ1) is 25.8. The number of pyridine rings is 1. The summed E-state index contributed by atoms with van der Waals surface area (Å²) in [4.78, 5) is 41.1. The molecule has 8 heteroatoms. The summed E-state index contributed by atoms with van der Waals surface area (Å²) in [7, 11) is 1.40. The Hall–Kier alpha value is -2.48. The molecule has 0 N–H and O–H groups in total. The van der Waals surface area contributed by atoms with E-state index < -0.39 is 29.7 Å². The second kappa shape index (κ2) is 10.9. The van der Waals surface area contributed by atoms with Gasteiger partial charge in [0.15, 0.2) is 17.2 Å². The van der Waals surface area contributed by atoms with Gasteiger partial charge in [0.05, 0.1) is 19.1 Å². The molecule has 1 aromatic rings. The van der Waals surface area contributed by atoms with E-state index in [4.69, 9.17) is 18.9 Å². The average molecular weight is 450 g/mol. The van der Waals surface area contributed by atoms with Gasteiger partial charge in [-0.3, -0.25) is 14.4 Å². The highest BCUT2D eigenvalue weighted by molar-refractivity contribution is 5.99. The van der Waals surface area contributed by atoms with E-state index in [0.717, 1.165) is 0 Å². The van der Waals surface area contributed by atoms with Crippen LogP contribution in [0.25, 0.3) is 0 Å². The van der Waals surface area contributed by atoms with E-state index in [1.807, 2.05) is 27.7 Å². The zero-order valence-electron chi connectivity index (χ0n) is 20.1. The third-order valence-corrected chi connectivity index (χ3v) is 5.28. The van der Waals surface area contributed by atoms with Crippen LogP contribution in [-0.2, 0) is 19.1 Å². The first-order chi connectivity index (χ1) is 14.9. The van der Waals surface area contributed by atoms with Crippen molar-refractivity contribution in [3.05, 3.63) is 18.0 Å². The van der Waals surface area contributed by atoms with Crippen LogP contribution in [0.1, 0.15) is 71.3 Å². The Morgan fingerprint density at radius 1 is 1.19 bits per heavy atom. The maximum atomic E-state index is 12.9. The molecule has 32 heavy (non-hydrogen) atoms. The van der Waals surface area contributed by atoms with Crippen LogP contribution in [0.3, 0.4) is 0 Å². The minimum Gasteiger partial charge on any atom is -0.493 e. The smallest absolute Gasteiger partial charge is 0.309 e. The summed E-state index contributed by atoms with van der Waals surface area (Å²) in [6.07, 6.45) is 2.87. The second-order valence-electron chi connectivity index (χ2n) is 9.52. The minimum atomic E-state index is -0.716. The molecule has 1 aliphatic rings. The van der Waals surface area contributed by atoms with E-state index in [1.165, 1.54) is 39.1 Å². The summed E-state index contributed by atoms with van der Waals surface area (Å²) in [6, 6.07) is 1.49. The van der Waals surface area contributed by atoms with Gasteiger partial charge in [0.1, 0.15) is 6.10 Å². The highest BCUT2D eigenvalue weighted by Crippen LogP contribution is 2.34. The molecule has 0 aromatic carbocycles. The molecule has 1 aliphatic carbocycles. The lowest BCUT2D eigenvalue weighted by Gasteiger charge is -2.35. The van der Waals surface area contributed by atoms with Crippen molar-refractivity contribution in [2.45, 2.75) is 73.0 Å². The Morgan fingerprint density at radius 2 is 1.84 bits per heavy atom. The van der Waals surface area contributed by atoms with E-state index in [-0.39, 0.29) is 35.1 Å². The summed E-state index contributed by atoms with van der Waals surface area (Å²) < 4.78 is 22.1. The number of rotatable bonds is 11. The minimum absolute atomic E-state index is 0.0530. The molecular formula is C24H35NO7. The monoisotopic (exact) mass is 449 g/mol. The molecule has 1 aromatic heterocycles. The van der Waals surface area contributed by atoms with E-state index >= 15 is 0 Å². The molecule has 1 heterocycles. The van der Waals surface area contributed by atoms with Crippen LogP contribution in [0.15, 0.2) is 12.3 Å². The summed E-state index contributed by atoms with van der Waals surface area (Å²) in [5.74, 6) is -1.51. The third kappa shape index (κ3) is 7.29. The van der Waals surface area contributed by atoms with Crippen molar-refractivity contribution in [2.24, 2.45) is 17.3 Å². The predicted octanol–water partition coefficient (Wildman–Crippen LogP) is 4.00. The number of hydrogen-bond acceptors (Lipinski definition) is 8. The first-order valence-corrected chi connectivity index (χ1v) is 11.0. The molecular weight excluding hydrogens is 414 g/mol. The van der Waals surface area contributed by atoms with Gasteiger partial charge in [-0.15, -0.1) is 0 Å². The lowest BCUT2D eigenvalue weighted by atomic mass is 9.86. The fourth-order valence-corrected chi connectivity index (χ4v) is 3.47. The van der Waals surface area contributed by atoms with Crippen LogP contribution in [-0.4, -0.2) is 48.6 Å². The topological polar surface area (TPSA) is 101 Å². The molecule has 0 radical (unpaired) electrons. The molecule has 0 amide bonds. The first-order valence-electron chi connectivity index (χ1n) is 11.0. The van der Waals surface area contributed by atoms with Gasteiger partial charge in [-0.1, -0.05) is 27.7 Å². The van der Waals surface area contributed by atoms with Gasteiger partial charge >= 0.3 is 11.9 Å². The molecule has 0 aliphatic heterocycles. The van der Waals surface area contributed by atoms with Crippen LogP contribution in [0, 0.1) is 17.3 Å². The molecule has 0 spiro atoms. The number of hydrogen-bond donors (Lipinski definition) is 0. The number of nitrogens with zero attached hydrogens (tertiary/aromatic N) is 1. The zero-order valence-corrected chi connectivity index (χ0v) is 20.1. The molecule has 2 rings (SSSR count). The van der Waals surface area contributed by atoms with E-state index in [2.05, 4.69) is 4.98 Å². The molecule has 3 atom stereocenters. The van der Waals surface area contributed by atoms with Crippen molar-refractivity contribution in [3.8, 4) is 11.5 Å². The average Bonchev–Trinajstić information content (AvgIpc) is 3.50.